The van der Waals surface area contributed by atoms with Crippen molar-refractivity contribution in [3.63, 3.8) is 0 Å². The van der Waals surface area contributed by atoms with E-state index in [4.69, 9.17) is 4.80 Å². The van der Waals surface area contributed by atoms with E-state index >= 15 is 0 Å². The molecule has 37 valence electrons. The maximum atomic E-state index is 8.90. The molecule has 0 rings (SSSR count). The summed E-state index contributed by atoms with van der Waals surface area (Å²) in [6, 6.07) is 0.715. The van der Waals surface area contributed by atoms with Gasteiger partial charge in [0.15, 0.2) is 8.32 Å². The Labute approximate surface area is 40.1 Å². The standard InChI is InChI=1S/C4H11OSi/c1-4-6(2,3)5/h5H,1,4H2,2-3H3. The third-order valence-corrected chi connectivity index (χ3v) is 1.84. The first-order valence-electron chi connectivity index (χ1n) is 2.08. The van der Waals surface area contributed by atoms with Gasteiger partial charge in [-0.25, -0.2) is 0 Å². The highest BCUT2D eigenvalue weighted by Gasteiger charge is 2.11. The Morgan fingerprint density at radius 1 is 1.67 bits per heavy atom. The van der Waals surface area contributed by atoms with Crippen molar-refractivity contribution in [3.05, 3.63) is 6.92 Å². The van der Waals surface area contributed by atoms with E-state index in [-0.39, 0.29) is 0 Å². The van der Waals surface area contributed by atoms with Crippen molar-refractivity contribution in [2.45, 2.75) is 19.1 Å². The maximum Gasteiger partial charge on any atom is 0.182 e. The molecule has 1 nitrogen and oxygen atoms in total. The lowest BCUT2D eigenvalue weighted by atomic mass is 11.0. The molecule has 1 radical (unpaired) electrons. The highest BCUT2D eigenvalue weighted by atomic mass is 28.4. The topological polar surface area (TPSA) is 20.2 Å². The molecule has 0 spiro atoms. The molecule has 0 bridgehead atoms. The lowest BCUT2D eigenvalue weighted by Gasteiger charge is -2.07. The zero-order chi connectivity index (χ0) is 5.21. The van der Waals surface area contributed by atoms with Gasteiger partial charge in [0.2, 0.25) is 0 Å². The van der Waals surface area contributed by atoms with Crippen LogP contribution >= 0.6 is 0 Å². The van der Waals surface area contributed by atoms with Gasteiger partial charge in [0.05, 0.1) is 0 Å². The summed E-state index contributed by atoms with van der Waals surface area (Å²) in [6.07, 6.45) is 0. The summed E-state index contributed by atoms with van der Waals surface area (Å²) in [5, 5.41) is 0. The van der Waals surface area contributed by atoms with Crippen molar-refractivity contribution in [2.75, 3.05) is 0 Å². The van der Waals surface area contributed by atoms with Gasteiger partial charge in [0.25, 0.3) is 0 Å². The minimum Gasteiger partial charge on any atom is -0.432 e. The molecule has 2 heteroatoms. The average Bonchev–Trinajstić information content (AvgIpc) is 1.35. The van der Waals surface area contributed by atoms with Gasteiger partial charge in [0.1, 0.15) is 0 Å². The van der Waals surface area contributed by atoms with Gasteiger partial charge in [-0.3, -0.25) is 0 Å². The first-order valence-corrected chi connectivity index (χ1v) is 5.23. The summed E-state index contributed by atoms with van der Waals surface area (Å²) in [6.45, 7) is 7.32. The van der Waals surface area contributed by atoms with E-state index in [1.54, 1.807) is 0 Å². The summed E-state index contributed by atoms with van der Waals surface area (Å²) in [4.78, 5) is 8.90. The SMILES string of the molecule is [CH2]C[Si](C)(C)O. The van der Waals surface area contributed by atoms with E-state index in [9.17, 15) is 0 Å². The van der Waals surface area contributed by atoms with E-state index < -0.39 is 8.32 Å². The molecule has 1 N–H and O–H groups in total. The molecular formula is C4H11OSi. The van der Waals surface area contributed by atoms with Gasteiger partial charge in [-0.2, -0.15) is 0 Å². The molecule has 0 aromatic rings. The van der Waals surface area contributed by atoms with Gasteiger partial charge in [-0.15, -0.1) is 0 Å². The fourth-order valence-electron chi connectivity index (χ4n) is 0. The summed E-state index contributed by atoms with van der Waals surface area (Å²) < 4.78 is 0. The van der Waals surface area contributed by atoms with Gasteiger partial charge in [0, 0.05) is 0 Å². The van der Waals surface area contributed by atoms with Gasteiger partial charge in [-0.05, 0) is 19.1 Å². The Hall–Kier alpha value is 0.177. The zero-order valence-corrected chi connectivity index (χ0v) is 5.36. The average molecular weight is 103 g/mol. The number of hydrogen-bond donors (Lipinski definition) is 1. The largest absolute Gasteiger partial charge is 0.432 e. The molecule has 0 amide bonds. The molecule has 0 aliphatic heterocycles. The molecule has 6 heavy (non-hydrogen) atoms. The van der Waals surface area contributed by atoms with E-state index in [1.165, 1.54) is 0 Å². The van der Waals surface area contributed by atoms with Crippen LogP contribution in [-0.4, -0.2) is 13.1 Å². The third-order valence-electron chi connectivity index (χ3n) is 0.612. The van der Waals surface area contributed by atoms with Crippen LogP contribution in [0.3, 0.4) is 0 Å². The van der Waals surface area contributed by atoms with Gasteiger partial charge >= 0.3 is 0 Å². The monoisotopic (exact) mass is 103 g/mol. The van der Waals surface area contributed by atoms with E-state index in [1.807, 2.05) is 13.1 Å². The lowest BCUT2D eigenvalue weighted by molar-refractivity contribution is 0.554. The summed E-state index contributed by atoms with van der Waals surface area (Å²) in [5.74, 6) is 0. The predicted octanol–water partition coefficient (Wildman–Crippen LogP) is 1.02. The minimum absolute atomic E-state index is 0.715. The molecule has 0 aromatic carbocycles. The first-order chi connectivity index (χ1) is 2.56. The predicted molar refractivity (Wildman–Crippen MR) is 29.9 cm³/mol. The van der Waals surface area contributed by atoms with Crippen LogP contribution in [0.1, 0.15) is 0 Å². The molecule has 0 fully saturated rings. The molecule has 0 unspecified atom stereocenters. The minimum atomic E-state index is -1.74. The normalized spacial score (nSPS) is 12.0. The Bertz CT molecular complexity index is 37.3. The summed E-state index contributed by atoms with van der Waals surface area (Å²) >= 11 is 0. The van der Waals surface area contributed by atoms with Crippen molar-refractivity contribution < 1.29 is 4.80 Å². The molecule has 0 saturated heterocycles. The second-order valence-corrected chi connectivity index (χ2v) is 6.19. The molecule has 0 aromatic heterocycles. The van der Waals surface area contributed by atoms with Crippen LogP contribution in [0.5, 0.6) is 0 Å². The first kappa shape index (κ1) is 6.18. The second-order valence-electron chi connectivity index (χ2n) is 2.06. The number of rotatable bonds is 1. The Balaban J connectivity index is 3.17. The van der Waals surface area contributed by atoms with Crippen LogP contribution in [-0.2, 0) is 0 Å². The van der Waals surface area contributed by atoms with Crippen molar-refractivity contribution in [1.29, 1.82) is 0 Å². The quantitative estimate of drug-likeness (QED) is 0.491. The van der Waals surface area contributed by atoms with Crippen LogP contribution in [0.15, 0.2) is 0 Å². The molecular weight excluding hydrogens is 92.1 g/mol. The van der Waals surface area contributed by atoms with Crippen LogP contribution in [0.25, 0.3) is 0 Å². The fraction of sp³-hybridized carbons (Fsp3) is 0.750. The van der Waals surface area contributed by atoms with Crippen LogP contribution in [0.2, 0.25) is 19.1 Å². The summed E-state index contributed by atoms with van der Waals surface area (Å²) in [5.41, 5.74) is 0. The fourth-order valence-corrected chi connectivity index (χ4v) is 0. The lowest BCUT2D eigenvalue weighted by Crippen LogP contribution is -2.22. The van der Waals surface area contributed by atoms with Crippen LogP contribution in [0, 0.1) is 6.92 Å². The summed E-state index contributed by atoms with van der Waals surface area (Å²) in [7, 11) is -1.74. The zero-order valence-electron chi connectivity index (χ0n) is 4.36. The Morgan fingerprint density at radius 3 is 1.83 bits per heavy atom. The van der Waals surface area contributed by atoms with E-state index in [2.05, 4.69) is 6.92 Å². The Morgan fingerprint density at radius 2 is 1.83 bits per heavy atom. The molecule has 0 aliphatic carbocycles. The molecule has 0 aliphatic rings. The van der Waals surface area contributed by atoms with Crippen LogP contribution < -0.4 is 0 Å². The van der Waals surface area contributed by atoms with Crippen molar-refractivity contribution in [3.8, 4) is 0 Å². The van der Waals surface area contributed by atoms with Crippen molar-refractivity contribution >= 4 is 8.32 Å². The highest BCUT2D eigenvalue weighted by Crippen LogP contribution is 1.99. The van der Waals surface area contributed by atoms with Crippen molar-refractivity contribution in [1.82, 2.24) is 0 Å². The van der Waals surface area contributed by atoms with Crippen LogP contribution in [0.4, 0.5) is 0 Å². The molecule has 0 heterocycles. The van der Waals surface area contributed by atoms with Crippen molar-refractivity contribution in [2.24, 2.45) is 0 Å². The van der Waals surface area contributed by atoms with Gasteiger partial charge in [-0.1, -0.05) is 6.92 Å². The maximum absolute atomic E-state index is 8.90. The highest BCUT2D eigenvalue weighted by molar-refractivity contribution is 6.69. The van der Waals surface area contributed by atoms with Gasteiger partial charge < -0.3 is 4.80 Å². The molecule has 0 atom stereocenters. The van der Waals surface area contributed by atoms with E-state index in [0.717, 1.165) is 0 Å². The third kappa shape index (κ3) is 4.18. The smallest absolute Gasteiger partial charge is 0.182 e. The molecule has 0 saturated carbocycles. The number of hydrogen-bond acceptors (Lipinski definition) is 1. The van der Waals surface area contributed by atoms with E-state index in [0.29, 0.717) is 6.04 Å². The second kappa shape index (κ2) is 1.75. The Kier molecular flexibility index (Phi) is 1.81.